The van der Waals surface area contributed by atoms with Crippen molar-refractivity contribution in [2.24, 2.45) is 0 Å². The van der Waals surface area contributed by atoms with E-state index in [1.807, 2.05) is 12.1 Å². The van der Waals surface area contributed by atoms with Crippen LogP contribution in [0.25, 0.3) is 0 Å². The molecule has 0 atom stereocenters. The molecule has 1 aromatic rings. The maximum Gasteiger partial charge on any atom is 0.0314 e. The smallest absolute Gasteiger partial charge is 0.0314 e. The van der Waals surface area contributed by atoms with E-state index in [2.05, 4.69) is 35.8 Å². The third-order valence-electron chi connectivity index (χ3n) is 4.06. The lowest BCUT2D eigenvalue weighted by Crippen LogP contribution is -2.48. The van der Waals surface area contributed by atoms with Gasteiger partial charge in [0, 0.05) is 37.9 Å². The van der Waals surface area contributed by atoms with Crippen molar-refractivity contribution in [1.82, 2.24) is 9.80 Å². The number of benzene rings is 1. The number of hydrogen-bond donors (Lipinski definition) is 1. The van der Waals surface area contributed by atoms with Crippen LogP contribution in [0.15, 0.2) is 24.3 Å². The van der Waals surface area contributed by atoms with Crippen molar-refractivity contribution in [3.05, 3.63) is 29.8 Å². The molecule has 0 amide bonds. The fraction of sp³-hybridized carbons (Fsp3) is 0.625. The number of hydrogen-bond acceptors (Lipinski definition) is 3. The van der Waals surface area contributed by atoms with Gasteiger partial charge in [-0.2, -0.15) is 0 Å². The summed E-state index contributed by atoms with van der Waals surface area (Å²) in [4.78, 5) is 5.16. The summed E-state index contributed by atoms with van der Waals surface area (Å²) in [5, 5.41) is 0. The van der Waals surface area contributed by atoms with Crippen molar-refractivity contribution < 1.29 is 0 Å². The third kappa shape index (κ3) is 4.51. The maximum absolute atomic E-state index is 5.70. The molecular formula is C16H27N3. The highest BCUT2D eigenvalue weighted by Gasteiger charge is 2.17. The van der Waals surface area contributed by atoms with Crippen LogP contribution in [-0.2, 0) is 6.42 Å². The van der Waals surface area contributed by atoms with Gasteiger partial charge in [-0.15, -0.1) is 0 Å². The van der Waals surface area contributed by atoms with Gasteiger partial charge in [0.15, 0.2) is 0 Å². The number of nitrogen functional groups attached to an aromatic ring is 1. The summed E-state index contributed by atoms with van der Waals surface area (Å²) in [6.45, 7) is 10.7. The molecule has 0 spiro atoms. The summed E-state index contributed by atoms with van der Waals surface area (Å²) in [6.07, 6.45) is 2.40. The van der Waals surface area contributed by atoms with Gasteiger partial charge in [-0.3, -0.25) is 4.90 Å². The molecule has 0 aliphatic carbocycles. The zero-order chi connectivity index (χ0) is 13.7. The van der Waals surface area contributed by atoms with Crippen LogP contribution in [0.3, 0.4) is 0 Å². The third-order valence-corrected chi connectivity index (χ3v) is 4.06. The Morgan fingerprint density at radius 3 is 2.26 bits per heavy atom. The average molecular weight is 261 g/mol. The first-order chi connectivity index (χ1) is 9.15. The normalized spacial score (nSPS) is 18.1. The molecule has 2 rings (SSSR count). The van der Waals surface area contributed by atoms with Crippen LogP contribution in [-0.4, -0.2) is 48.6 Å². The van der Waals surface area contributed by atoms with E-state index in [0.717, 1.165) is 12.1 Å². The number of piperazine rings is 1. The molecular weight excluding hydrogens is 234 g/mol. The number of rotatable bonds is 5. The summed E-state index contributed by atoms with van der Waals surface area (Å²) in [6, 6.07) is 8.97. The van der Waals surface area contributed by atoms with Crippen molar-refractivity contribution in [2.45, 2.75) is 32.7 Å². The molecule has 3 nitrogen and oxygen atoms in total. The van der Waals surface area contributed by atoms with Crippen LogP contribution < -0.4 is 5.73 Å². The lowest BCUT2D eigenvalue weighted by Gasteiger charge is -2.36. The molecule has 0 unspecified atom stereocenters. The molecule has 0 aromatic heterocycles. The zero-order valence-electron chi connectivity index (χ0n) is 12.3. The molecule has 2 N–H and O–H groups in total. The first-order valence-corrected chi connectivity index (χ1v) is 7.46. The van der Waals surface area contributed by atoms with Crippen molar-refractivity contribution >= 4 is 5.69 Å². The molecule has 0 radical (unpaired) electrons. The minimum atomic E-state index is 0.692. The Labute approximate surface area is 117 Å². The lowest BCUT2D eigenvalue weighted by molar-refractivity contribution is 0.108. The van der Waals surface area contributed by atoms with Gasteiger partial charge >= 0.3 is 0 Å². The van der Waals surface area contributed by atoms with E-state index in [9.17, 15) is 0 Å². The van der Waals surface area contributed by atoms with Crippen LogP contribution >= 0.6 is 0 Å². The van der Waals surface area contributed by atoms with E-state index in [-0.39, 0.29) is 0 Å². The van der Waals surface area contributed by atoms with E-state index in [4.69, 9.17) is 5.73 Å². The fourth-order valence-electron chi connectivity index (χ4n) is 2.69. The predicted molar refractivity (Wildman–Crippen MR) is 82.3 cm³/mol. The molecule has 1 aliphatic heterocycles. The lowest BCUT2D eigenvalue weighted by atomic mass is 10.1. The topological polar surface area (TPSA) is 32.5 Å². The first kappa shape index (κ1) is 14.4. The summed E-state index contributed by atoms with van der Waals surface area (Å²) in [7, 11) is 0. The van der Waals surface area contributed by atoms with E-state index < -0.39 is 0 Å². The van der Waals surface area contributed by atoms with Crippen LogP contribution in [0, 0.1) is 0 Å². The number of aryl methyl sites for hydroxylation is 1. The Hall–Kier alpha value is -1.06. The zero-order valence-corrected chi connectivity index (χ0v) is 12.3. The van der Waals surface area contributed by atoms with Gasteiger partial charge in [-0.25, -0.2) is 0 Å². The first-order valence-electron chi connectivity index (χ1n) is 7.46. The molecule has 1 heterocycles. The predicted octanol–water partition coefficient (Wildman–Crippen LogP) is 2.23. The Morgan fingerprint density at radius 2 is 1.68 bits per heavy atom. The monoisotopic (exact) mass is 261 g/mol. The second kappa shape index (κ2) is 6.92. The molecule has 0 bridgehead atoms. The van der Waals surface area contributed by atoms with Crippen molar-refractivity contribution in [3.8, 4) is 0 Å². The van der Waals surface area contributed by atoms with Gasteiger partial charge in [0.2, 0.25) is 0 Å². The largest absolute Gasteiger partial charge is 0.399 e. The maximum atomic E-state index is 5.70. The molecule has 3 heteroatoms. The van der Waals surface area contributed by atoms with E-state index in [1.54, 1.807) is 0 Å². The highest BCUT2D eigenvalue weighted by molar-refractivity contribution is 5.39. The van der Waals surface area contributed by atoms with Gasteiger partial charge in [0.1, 0.15) is 0 Å². The van der Waals surface area contributed by atoms with Gasteiger partial charge < -0.3 is 10.6 Å². The minimum Gasteiger partial charge on any atom is -0.399 e. The quantitative estimate of drug-likeness (QED) is 0.825. The molecule has 1 aromatic carbocycles. The minimum absolute atomic E-state index is 0.692. The summed E-state index contributed by atoms with van der Waals surface area (Å²) < 4.78 is 0. The van der Waals surface area contributed by atoms with Crippen LogP contribution in [0.4, 0.5) is 5.69 Å². The summed E-state index contributed by atoms with van der Waals surface area (Å²) >= 11 is 0. The SMILES string of the molecule is CC(C)N1CCN(CCCc2ccc(N)cc2)CC1. The Bertz CT molecular complexity index is 364. The molecule has 1 fully saturated rings. The van der Waals surface area contributed by atoms with Gasteiger partial charge in [-0.05, 0) is 50.9 Å². The van der Waals surface area contributed by atoms with Crippen LogP contribution in [0.5, 0.6) is 0 Å². The van der Waals surface area contributed by atoms with Crippen molar-refractivity contribution in [3.63, 3.8) is 0 Å². The Morgan fingerprint density at radius 1 is 1.05 bits per heavy atom. The molecule has 1 saturated heterocycles. The average Bonchev–Trinajstić information content (AvgIpc) is 2.41. The van der Waals surface area contributed by atoms with E-state index in [1.165, 1.54) is 44.7 Å². The number of nitrogens with zero attached hydrogens (tertiary/aromatic N) is 2. The van der Waals surface area contributed by atoms with Gasteiger partial charge in [0.05, 0.1) is 0 Å². The molecule has 1 aliphatic rings. The van der Waals surface area contributed by atoms with E-state index >= 15 is 0 Å². The fourth-order valence-corrected chi connectivity index (χ4v) is 2.69. The second-order valence-corrected chi connectivity index (χ2v) is 5.82. The second-order valence-electron chi connectivity index (χ2n) is 5.82. The molecule has 19 heavy (non-hydrogen) atoms. The summed E-state index contributed by atoms with van der Waals surface area (Å²) in [5.74, 6) is 0. The van der Waals surface area contributed by atoms with Gasteiger partial charge in [0.25, 0.3) is 0 Å². The Balaban J connectivity index is 1.65. The van der Waals surface area contributed by atoms with Gasteiger partial charge in [-0.1, -0.05) is 12.1 Å². The van der Waals surface area contributed by atoms with E-state index in [0.29, 0.717) is 6.04 Å². The number of anilines is 1. The van der Waals surface area contributed by atoms with Crippen molar-refractivity contribution in [2.75, 3.05) is 38.5 Å². The highest BCUT2D eigenvalue weighted by atomic mass is 15.3. The highest BCUT2D eigenvalue weighted by Crippen LogP contribution is 2.10. The van der Waals surface area contributed by atoms with Crippen LogP contribution in [0.1, 0.15) is 25.8 Å². The Kier molecular flexibility index (Phi) is 5.23. The standard InChI is InChI=1S/C16H27N3/c1-14(2)19-12-10-18(11-13-19)9-3-4-15-5-7-16(17)8-6-15/h5-8,14H,3-4,9-13,17H2,1-2H3. The van der Waals surface area contributed by atoms with Crippen LogP contribution in [0.2, 0.25) is 0 Å². The molecule has 106 valence electrons. The van der Waals surface area contributed by atoms with Crippen molar-refractivity contribution in [1.29, 1.82) is 0 Å². The number of nitrogens with two attached hydrogens (primary N) is 1. The molecule has 0 saturated carbocycles. The summed E-state index contributed by atoms with van der Waals surface area (Å²) in [5.41, 5.74) is 7.95.